The Hall–Kier alpha value is -1.57. The van der Waals surface area contributed by atoms with E-state index in [1.165, 1.54) is 11.3 Å². The third-order valence-corrected chi connectivity index (χ3v) is 5.37. The molecule has 0 saturated heterocycles. The van der Waals surface area contributed by atoms with Gasteiger partial charge in [-0.3, -0.25) is 4.79 Å². The lowest BCUT2D eigenvalue weighted by molar-refractivity contribution is 0.0996. The average molecular weight is 409 g/mol. The SMILES string of the molecule is CCSc1nc(-c2ccccc2)c(NC(=O)c2ccc(Br)o2)s1. The van der Waals surface area contributed by atoms with Gasteiger partial charge in [-0.05, 0) is 33.8 Å². The smallest absolute Gasteiger partial charge is 0.292 e. The summed E-state index contributed by atoms with van der Waals surface area (Å²) in [6, 6.07) is 13.1. The Labute approximate surface area is 150 Å². The molecule has 2 aromatic heterocycles. The number of hydrogen-bond acceptors (Lipinski definition) is 5. The van der Waals surface area contributed by atoms with Crippen molar-refractivity contribution in [2.75, 3.05) is 11.1 Å². The van der Waals surface area contributed by atoms with Crippen molar-refractivity contribution < 1.29 is 9.21 Å². The van der Waals surface area contributed by atoms with E-state index in [4.69, 9.17) is 4.42 Å². The Kier molecular flexibility index (Phi) is 5.20. The highest BCUT2D eigenvalue weighted by molar-refractivity contribution is 9.10. The van der Waals surface area contributed by atoms with Crippen LogP contribution in [0.4, 0.5) is 5.00 Å². The summed E-state index contributed by atoms with van der Waals surface area (Å²) in [6.07, 6.45) is 0. The minimum atomic E-state index is -0.287. The van der Waals surface area contributed by atoms with Crippen LogP contribution < -0.4 is 5.32 Å². The number of carbonyl (C=O) groups is 1. The third-order valence-electron chi connectivity index (χ3n) is 2.95. The quantitative estimate of drug-likeness (QED) is 0.563. The summed E-state index contributed by atoms with van der Waals surface area (Å²) in [6.45, 7) is 2.08. The van der Waals surface area contributed by atoms with Crippen LogP contribution in [0.15, 0.2) is 55.9 Å². The summed E-state index contributed by atoms with van der Waals surface area (Å²) >= 11 is 6.33. The lowest BCUT2D eigenvalue weighted by Gasteiger charge is -2.03. The first kappa shape index (κ1) is 16.3. The van der Waals surface area contributed by atoms with Gasteiger partial charge in [0, 0.05) is 5.56 Å². The van der Waals surface area contributed by atoms with Crippen molar-refractivity contribution in [3.05, 3.63) is 52.9 Å². The van der Waals surface area contributed by atoms with E-state index in [2.05, 4.69) is 33.2 Å². The second kappa shape index (κ2) is 7.33. The minimum Gasteiger partial charge on any atom is -0.444 e. The first-order valence-electron chi connectivity index (χ1n) is 6.93. The third kappa shape index (κ3) is 3.85. The van der Waals surface area contributed by atoms with Crippen molar-refractivity contribution in [2.45, 2.75) is 11.3 Å². The van der Waals surface area contributed by atoms with Crippen LogP contribution in [-0.4, -0.2) is 16.6 Å². The fourth-order valence-electron chi connectivity index (χ4n) is 1.96. The van der Waals surface area contributed by atoms with Crippen LogP contribution in [0.2, 0.25) is 0 Å². The largest absolute Gasteiger partial charge is 0.444 e. The number of halogens is 1. The molecule has 0 radical (unpaired) electrons. The summed E-state index contributed by atoms with van der Waals surface area (Å²) in [5.74, 6) is 0.902. The van der Waals surface area contributed by atoms with Gasteiger partial charge in [0.15, 0.2) is 14.8 Å². The maximum absolute atomic E-state index is 12.3. The topological polar surface area (TPSA) is 55.1 Å². The van der Waals surface area contributed by atoms with Gasteiger partial charge in [-0.25, -0.2) is 4.98 Å². The Balaban J connectivity index is 1.92. The van der Waals surface area contributed by atoms with Gasteiger partial charge >= 0.3 is 0 Å². The van der Waals surface area contributed by atoms with Gasteiger partial charge in [-0.15, -0.1) is 0 Å². The summed E-state index contributed by atoms with van der Waals surface area (Å²) in [5, 5.41) is 3.63. The zero-order chi connectivity index (χ0) is 16.2. The fraction of sp³-hybridized carbons (Fsp3) is 0.125. The number of anilines is 1. The first-order chi connectivity index (χ1) is 11.2. The highest BCUT2D eigenvalue weighted by Crippen LogP contribution is 2.37. The number of nitrogens with zero attached hydrogens (tertiary/aromatic N) is 1. The number of thiazole rings is 1. The number of amides is 1. The number of hydrogen-bond donors (Lipinski definition) is 1. The maximum atomic E-state index is 12.3. The first-order valence-corrected chi connectivity index (χ1v) is 9.52. The molecule has 0 fully saturated rings. The number of rotatable bonds is 5. The summed E-state index contributed by atoms with van der Waals surface area (Å²) < 4.78 is 6.76. The van der Waals surface area contributed by atoms with Gasteiger partial charge in [0.25, 0.3) is 5.91 Å². The molecule has 3 aromatic rings. The zero-order valence-corrected chi connectivity index (χ0v) is 15.4. The lowest BCUT2D eigenvalue weighted by atomic mass is 10.2. The summed E-state index contributed by atoms with van der Waals surface area (Å²) in [5.41, 5.74) is 1.76. The Bertz CT molecular complexity index is 815. The normalized spacial score (nSPS) is 10.7. The standard InChI is InChI=1S/C16H13BrN2O2S2/c1-2-22-16-18-13(10-6-4-3-5-7-10)15(23-16)19-14(20)11-8-9-12(17)21-11/h3-9H,2H2,1H3,(H,19,20). The van der Waals surface area contributed by atoms with E-state index in [-0.39, 0.29) is 11.7 Å². The molecule has 0 aliphatic heterocycles. The monoisotopic (exact) mass is 408 g/mol. The van der Waals surface area contributed by atoms with Crippen LogP contribution in [-0.2, 0) is 0 Å². The molecule has 0 unspecified atom stereocenters. The van der Waals surface area contributed by atoms with Crippen molar-refractivity contribution in [3.8, 4) is 11.3 Å². The van der Waals surface area contributed by atoms with Crippen molar-refractivity contribution in [1.82, 2.24) is 4.98 Å². The van der Waals surface area contributed by atoms with Gasteiger partial charge in [0.2, 0.25) is 0 Å². The fourth-order valence-corrected chi connectivity index (χ4v) is 4.23. The van der Waals surface area contributed by atoms with Crippen molar-refractivity contribution in [2.24, 2.45) is 0 Å². The van der Waals surface area contributed by atoms with Gasteiger partial charge in [-0.2, -0.15) is 0 Å². The maximum Gasteiger partial charge on any atom is 0.292 e. The van der Waals surface area contributed by atoms with E-state index in [9.17, 15) is 4.79 Å². The zero-order valence-electron chi connectivity index (χ0n) is 12.2. The Morgan fingerprint density at radius 2 is 2.09 bits per heavy atom. The van der Waals surface area contributed by atoms with Gasteiger partial charge in [0.1, 0.15) is 10.7 Å². The summed E-state index contributed by atoms with van der Waals surface area (Å²) in [7, 11) is 0. The molecule has 0 atom stereocenters. The van der Waals surface area contributed by atoms with Crippen molar-refractivity contribution in [3.63, 3.8) is 0 Å². The molecule has 118 valence electrons. The minimum absolute atomic E-state index is 0.258. The predicted molar refractivity (Wildman–Crippen MR) is 98.3 cm³/mol. The number of nitrogens with one attached hydrogen (secondary N) is 1. The second-order valence-corrected chi connectivity index (χ2v) is 7.81. The van der Waals surface area contributed by atoms with Crippen LogP contribution in [0, 0.1) is 0 Å². The number of carbonyl (C=O) groups excluding carboxylic acids is 1. The van der Waals surface area contributed by atoms with E-state index in [1.807, 2.05) is 30.3 Å². The molecule has 0 spiro atoms. The van der Waals surface area contributed by atoms with Crippen molar-refractivity contribution >= 4 is 49.9 Å². The van der Waals surface area contributed by atoms with Crippen LogP contribution in [0.3, 0.4) is 0 Å². The molecule has 23 heavy (non-hydrogen) atoms. The predicted octanol–water partition coefficient (Wildman–Crippen LogP) is 5.53. The van der Waals surface area contributed by atoms with Gasteiger partial charge in [-0.1, -0.05) is 60.4 Å². The average Bonchev–Trinajstić information content (AvgIpc) is 3.15. The van der Waals surface area contributed by atoms with Crippen LogP contribution in [0.25, 0.3) is 11.3 Å². The molecule has 0 saturated carbocycles. The molecule has 1 N–H and O–H groups in total. The summed E-state index contributed by atoms with van der Waals surface area (Å²) in [4.78, 5) is 17.0. The lowest BCUT2D eigenvalue weighted by Crippen LogP contribution is -2.10. The molecule has 0 aliphatic rings. The molecule has 1 amide bonds. The number of thioether (sulfide) groups is 1. The van der Waals surface area contributed by atoms with Gasteiger partial charge < -0.3 is 9.73 Å². The van der Waals surface area contributed by atoms with E-state index >= 15 is 0 Å². The molecular weight excluding hydrogens is 396 g/mol. The Morgan fingerprint density at radius 1 is 1.30 bits per heavy atom. The van der Waals surface area contributed by atoms with Crippen molar-refractivity contribution in [1.29, 1.82) is 0 Å². The Morgan fingerprint density at radius 3 is 2.74 bits per heavy atom. The molecule has 0 bridgehead atoms. The molecule has 3 rings (SSSR count). The van der Waals surface area contributed by atoms with E-state index in [0.717, 1.165) is 26.4 Å². The molecule has 0 aliphatic carbocycles. The van der Waals surface area contributed by atoms with Crippen LogP contribution >= 0.6 is 39.0 Å². The van der Waals surface area contributed by atoms with Crippen LogP contribution in [0.5, 0.6) is 0 Å². The highest BCUT2D eigenvalue weighted by atomic mass is 79.9. The van der Waals surface area contributed by atoms with E-state index in [0.29, 0.717) is 4.67 Å². The number of furan rings is 1. The van der Waals surface area contributed by atoms with E-state index < -0.39 is 0 Å². The van der Waals surface area contributed by atoms with Gasteiger partial charge in [0.05, 0.1) is 0 Å². The molecule has 7 heteroatoms. The molecule has 1 aromatic carbocycles. The molecule has 4 nitrogen and oxygen atoms in total. The highest BCUT2D eigenvalue weighted by Gasteiger charge is 2.18. The second-order valence-electron chi connectivity index (χ2n) is 4.51. The molecular formula is C16H13BrN2O2S2. The van der Waals surface area contributed by atoms with E-state index in [1.54, 1.807) is 23.9 Å². The van der Waals surface area contributed by atoms with Crippen LogP contribution in [0.1, 0.15) is 17.5 Å². The molecule has 2 heterocycles. The number of benzene rings is 1. The number of aromatic nitrogens is 1.